The molecule has 0 aliphatic rings. The SMILES string of the molecule is c1ccc2c(c1)cc1c3cc4ccccc4c4cccc(c5cccc2c51)c43. The summed E-state index contributed by atoms with van der Waals surface area (Å²) in [5.74, 6) is 0. The molecule has 0 amide bonds. The largest absolute Gasteiger partial charge is 0.0616 e. The molecule has 0 aliphatic heterocycles. The molecule has 0 atom stereocenters. The van der Waals surface area contributed by atoms with Gasteiger partial charge in [0.2, 0.25) is 0 Å². The van der Waals surface area contributed by atoms with Crippen LogP contribution in [0.25, 0.3) is 64.6 Å². The number of hydrogen-bond acceptors (Lipinski definition) is 0. The van der Waals surface area contributed by atoms with Crippen molar-refractivity contribution in [3.8, 4) is 0 Å². The Balaban J connectivity index is 1.93. The van der Waals surface area contributed by atoms with Crippen LogP contribution in [0.4, 0.5) is 0 Å². The first-order valence-electron chi connectivity index (χ1n) is 9.80. The van der Waals surface area contributed by atoms with Crippen LogP contribution in [0.15, 0.2) is 97.1 Å². The molecule has 28 heavy (non-hydrogen) atoms. The van der Waals surface area contributed by atoms with E-state index < -0.39 is 0 Å². The van der Waals surface area contributed by atoms with E-state index in [4.69, 9.17) is 0 Å². The second kappa shape index (κ2) is 4.99. The maximum absolute atomic E-state index is 2.39. The Hall–Kier alpha value is -3.64. The number of fused-ring (bicyclic) bond motifs is 6. The van der Waals surface area contributed by atoms with Gasteiger partial charge in [0.25, 0.3) is 0 Å². The Labute approximate surface area is 162 Å². The maximum atomic E-state index is 2.39. The fourth-order valence-electron chi connectivity index (χ4n) is 5.20. The van der Waals surface area contributed by atoms with Crippen LogP contribution in [0.1, 0.15) is 0 Å². The molecule has 0 heteroatoms. The van der Waals surface area contributed by atoms with Gasteiger partial charge in [-0.3, -0.25) is 0 Å². The van der Waals surface area contributed by atoms with Gasteiger partial charge in [-0.15, -0.1) is 0 Å². The van der Waals surface area contributed by atoms with Crippen molar-refractivity contribution in [1.82, 2.24) is 0 Å². The second-order valence-electron chi connectivity index (χ2n) is 7.75. The zero-order valence-corrected chi connectivity index (χ0v) is 15.2. The monoisotopic (exact) mass is 352 g/mol. The molecule has 0 aliphatic carbocycles. The number of rotatable bonds is 0. The maximum Gasteiger partial charge on any atom is -0.00199 e. The quantitative estimate of drug-likeness (QED) is 0.191. The van der Waals surface area contributed by atoms with Gasteiger partial charge in [0.05, 0.1) is 0 Å². The van der Waals surface area contributed by atoms with Crippen molar-refractivity contribution < 1.29 is 0 Å². The fraction of sp³-hybridized carbons (Fsp3) is 0. The predicted molar refractivity (Wildman–Crippen MR) is 123 cm³/mol. The first-order valence-corrected chi connectivity index (χ1v) is 9.80. The summed E-state index contributed by atoms with van der Waals surface area (Å²) >= 11 is 0. The summed E-state index contributed by atoms with van der Waals surface area (Å²) in [5.41, 5.74) is 0. The zero-order valence-electron chi connectivity index (χ0n) is 15.2. The average Bonchev–Trinajstić information content (AvgIpc) is 2.77. The van der Waals surface area contributed by atoms with Crippen molar-refractivity contribution in [2.45, 2.75) is 0 Å². The molecule has 7 aromatic carbocycles. The molecule has 0 fully saturated rings. The highest BCUT2D eigenvalue weighted by Gasteiger charge is 2.15. The third-order valence-corrected chi connectivity index (χ3v) is 6.35. The van der Waals surface area contributed by atoms with Crippen LogP contribution in [0.2, 0.25) is 0 Å². The summed E-state index contributed by atoms with van der Waals surface area (Å²) in [6.07, 6.45) is 0. The summed E-state index contributed by atoms with van der Waals surface area (Å²) < 4.78 is 0. The van der Waals surface area contributed by atoms with Gasteiger partial charge in [-0.05, 0) is 76.8 Å². The molecule has 7 aromatic rings. The molecular formula is C28H16. The Morgan fingerprint density at radius 1 is 0.286 bits per heavy atom. The molecule has 0 aromatic heterocycles. The summed E-state index contributed by atoms with van der Waals surface area (Å²) in [6, 6.07) is 35.8. The van der Waals surface area contributed by atoms with Crippen LogP contribution < -0.4 is 0 Å². The number of benzene rings is 7. The smallest absolute Gasteiger partial charge is 0.00199 e. The van der Waals surface area contributed by atoms with Crippen LogP contribution in [0, 0.1) is 0 Å². The van der Waals surface area contributed by atoms with Crippen LogP contribution in [0.3, 0.4) is 0 Å². The van der Waals surface area contributed by atoms with Crippen molar-refractivity contribution in [1.29, 1.82) is 0 Å². The Bertz CT molecular complexity index is 1570. The van der Waals surface area contributed by atoms with Crippen molar-refractivity contribution >= 4 is 64.6 Å². The molecule has 0 nitrogen and oxygen atoms in total. The minimum atomic E-state index is 1.31. The average molecular weight is 352 g/mol. The normalized spacial score (nSPS) is 12.3. The Kier molecular flexibility index (Phi) is 2.57. The topological polar surface area (TPSA) is 0 Å². The molecular weight excluding hydrogens is 336 g/mol. The lowest BCUT2D eigenvalue weighted by Gasteiger charge is -2.17. The molecule has 128 valence electrons. The van der Waals surface area contributed by atoms with Crippen LogP contribution >= 0.6 is 0 Å². The molecule has 0 saturated carbocycles. The van der Waals surface area contributed by atoms with E-state index in [0.717, 1.165) is 0 Å². The first-order chi connectivity index (χ1) is 13.9. The van der Waals surface area contributed by atoms with Gasteiger partial charge >= 0.3 is 0 Å². The summed E-state index contributed by atoms with van der Waals surface area (Å²) in [5, 5.41) is 16.2. The van der Waals surface area contributed by atoms with Crippen molar-refractivity contribution in [3.05, 3.63) is 97.1 Å². The van der Waals surface area contributed by atoms with Gasteiger partial charge < -0.3 is 0 Å². The lowest BCUT2D eigenvalue weighted by atomic mass is 9.86. The minimum Gasteiger partial charge on any atom is -0.0616 e. The van der Waals surface area contributed by atoms with E-state index in [2.05, 4.69) is 97.1 Å². The molecule has 0 saturated heterocycles. The van der Waals surface area contributed by atoms with E-state index in [1.807, 2.05) is 0 Å². The molecule has 0 N–H and O–H groups in total. The van der Waals surface area contributed by atoms with Gasteiger partial charge in [-0.1, -0.05) is 84.9 Å². The summed E-state index contributed by atoms with van der Waals surface area (Å²) in [4.78, 5) is 0. The summed E-state index contributed by atoms with van der Waals surface area (Å²) in [6.45, 7) is 0. The highest BCUT2D eigenvalue weighted by molar-refractivity contribution is 6.38. The minimum absolute atomic E-state index is 1.31. The predicted octanol–water partition coefficient (Wildman–Crippen LogP) is 8.04. The Morgan fingerprint density at radius 2 is 0.643 bits per heavy atom. The molecule has 7 rings (SSSR count). The third kappa shape index (κ3) is 1.66. The molecule has 0 bridgehead atoms. The lowest BCUT2D eigenvalue weighted by molar-refractivity contribution is 1.79. The van der Waals surface area contributed by atoms with Gasteiger partial charge in [0.1, 0.15) is 0 Å². The zero-order chi connectivity index (χ0) is 18.2. The van der Waals surface area contributed by atoms with Crippen molar-refractivity contribution in [2.24, 2.45) is 0 Å². The summed E-state index contributed by atoms with van der Waals surface area (Å²) in [7, 11) is 0. The first kappa shape index (κ1) is 14.4. The highest BCUT2D eigenvalue weighted by atomic mass is 14.2. The van der Waals surface area contributed by atoms with Gasteiger partial charge in [0.15, 0.2) is 0 Å². The van der Waals surface area contributed by atoms with E-state index in [9.17, 15) is 0 Å². The fourth-order valence-corrected chi connectivity index (χ4v) is 5.20. The molecule has 0 spiro atoms. The lowest BCUT2D eigenvalue weighted by Crippen LogP contribution is -1.89. The van der Waals surface area contributed by atoms with E-state index >= 15 is 0 Å². The molecule has 0 radical (unpaired) electrons. The third-order valence-electron chi connectivity index (χ3n) is 6.35. The van der Waals surface area contributed by atoms with Crippen LogP contribution in [-0.4, -0.2) is 0 Å². The van der Waals surface area contributed by atoms with Gasteiger partial charge in [-0.25, -0.2) is 0 Å². The number of hydrogen-bond donors (Lipinski definition) is 0. The molecule has 0 unspecified atom stereocenters. The van der Waals surface area contributed by atoms with Gasteiger partial charge in [0, 0.05) is 0 Å². The van der Waals surface area contributed by atoms with Crippen molar-refractivity contribution in [2.75, 3.05) is 0 Å². The molecule has 0 heterocycles. The van der Waals surface area contributed by atoms with Crippen molar-refractivity contribution in [3.63, 3.8) is 0 Å². The van der Waals surface area contributed by atoms with E-state index in [1.54, 1.807) is 0 Å². The van der Waals surface area contributed by atoms with E-state index in [0.29, 0.717) is 0 Å². The standard InChI is InChI=1S/C28H16/c1-3-9-19-17(7-1)15-25-26-16-18-8-2-4-10-20(18)22-12-6-14-24(28(22)26)23-13-5-11-21(19)27(23)25/h1-16H. The second-order valence-corrected chi connectivity index (χ2v) is 7.75. The highest BCUT2D eigenvalue weighted by Crippen LogP contribution is 2.44. The van der Waals surface area contributed by atoms with Gasteiger partial charge in [-0.2, -0.15) is 0 Å². The van der Waals surface area contributed by atoms with Crippen LogP contribution in [-0.2, 0) is 0 Å². The Morgan fingerprint density at radius 3 is 1.11 bits per heavy atom. The van der Waals surface area contributed by atoms with E-state index in [1.165, 1.54) is 64.6 Å². The van der Waals surface area contributed by atoms with E-state index in [-0.39, 0.29) is 0 Å². The van der Waals surface area contributed by atoms with Crippen LogP contribution in [0.5, 0.6) is 0 Å².